The summed E-state index contributed by atoms with van der Waals surface area (Å²) in [7, 11) is 0. The quantitative estimate of drug-likeness (QED) is 0.756. The summed E-state index contributed by atoms with van der Waals surface area (Å²) in [4.78, 5) is 41.2. The fraction of sp³-hybridized carbons (Fsp3) is 0.500. The summed E-state index contributed by atoms with van der Waals surface area (Å²) >= 11 is 0. The molecule has 2 aliphatic heterocycles. The second kappa shape index (κ2) is 9.91. The van der Waals surface area contributed by atoms with Crippen LogP contribution in [-0.4, -0.2) is 47.5 Å². The molecule has 176 valence electrons. The molecule has 2 aromatic rings. The molecular formula is C26H33N3O4. The number of hydrogen-bond donors (Lipinski definition) is 1. The Hall–Kier alpha value is -2.93. The molecule has 7 nitrogen and oxygen atoms in total. The van der Waals surface area contributed by atoms with Gasteiger partial charge in [-0.15, -0.1) is 0 Å². The van der Waals surface area contributed by atoms with Gasteiger partial charge in [0.05, 0.1) is 6.61 Å². The molecule has 33 heavy (non-hydrogen) atoms. The first-order valence-corrected chi connectivity index (χ1v) is 11.9. The van der Waals surface area contributed by atoms with Crippen LogP contribution in [0.2, 0.25) is 0 Å². The third kappa shape index (κ3) is 5.03. The van der Waals surface area contributed by atoms with Crippen LogP contribution in [0.25, 0.3) is 0 Å². The lowest BCUT2D eigenvalue weighted by atomic mass is 9.97. The molecule has 2 aliphatic rings. The van der Waals surface area contributed by atoms with Crippen LogP contribution in [0.3, 0.4) is 0 Å². The standard InChI is InChI=1S/C26H33N3O4/c1-17(2)29-15-21(24(30)22(16-29)26(32)28-11-8-18(3)9-12-28)25(31)27-14-23-20-7-5-4-6-19(20)10-13-33-23/h4-7,15-18,23H,8-14H2,1-3H3,(H,27,31)/t23-/m1/s1. The van der Waals surface area contributed by atoms with E-state index in [0.29, 0.717) is 25.6 Å². The van der Waals surface area contributed by atoms with Crippen molar-refractivity contribution >= 4 is 11.8 Å². The smallest absolute Gasteiger partial charge is 0.259 e. The topological polar surface area (TPSA) is 80.6 Å². The van der Waals surface area contributed by atoms with Crippen LogP contribution in [0.1, 0.15) is 77.6 Å². The molecule has 0 unspecified atom stereocenters. The van der Waals surface area contributed by atoms with Crippen LogP contribution in [0.15, 0.2) is 41.5 Å². The summed E-state index contributed by atoms with van der Waals surface area (Å²) in [5.74, 6) is -0.200. The number of benzene rings is 1. The Morgan fingerprint density at radius 2 is 1.82 bits per heavy atom. The number of rotatable bonds is 5. The molecule has 0 spiro atoms. The SMILES string of the molecule is CC1CCN(C(=O)c2cn(C(C)C)cc(C(=O)NC[C@H]3OCCc4ccccc43)c2=O)CC1. The van der Waals surface area contributed by atoms with E-state index in [0.717, 1.165) is 24.8 Å². The van der Waals surface area contributed by atoms with Crippen LogP contribution in [-0.2, 0) is 11.2 Å². The van der Waals surface area contributed by atoms with Crippen molar-refractivity contribution in [3.63, 3.8) is 0 Å². The maximum absolute atomic E-state index is 13.2. The van der Waals surface area contributed by atoms with Crippen molar-refractivity contribution in [3.05, 3.63) is 69.1 Å². The van der Waals surface area contributed by atoms with Crippen LogP contribution in [0, 0.1) is 5.92 Å². The van der Waals surface area contributed by atoms with Crippen LogP contribution in [0.5, 0.6) is 0 Å². The monoisotopic (exact) mass is 451 g/mol. The molecule has 0 saturated carbocycles. The van der Waals surface area contributed by atoms with Gasteiger partial charge in [-0.05, 0) is 50.2 Å². The molecule has 1 saturated heterocycles. The minimum Gasteiger partial charge on any atom is -0.371 e. The molecule has 4 rings (SSSR count). The van der Waals surface area contributed by atoms with Crippen molar-refractivity contribution in [2.45, 2.75) is 52.2 Å². The normalized spacial score (nSPS) is 18.8. The van der Waals surface area contributed by atoms with Gasteiger partial charge in [-0.3, -0.25) is 14.4 Å². The van der Waals surface area contributed by atoms with E-state index in [-0.39, 0.29) is 35.7 Å². The van der Waals surface area contributed by atoms with E-state index in [1.165, 1.54) is 5.56 Å². The Kier molecular flexibility index (Phi) is 6.98. The number of pyridine rings is 1. The number of ether oxygens (including phenoxy) is 1. The predicted octanol–water partition coefficient (Wildman–Crippen LogP) is 3.35. The highest BCUT2D eigenvalue weighted by molar-refractivity contribution is 5.99. The van der Waals surface area contributed by atoms with E-state index in [1.54, 1.807) is 21.9 Å². The van der Waals surface area contributed by atoms with Crippen molar-refractivity contribution in [2.24, 2.45) is 5.92 Å². The molecule has 0 aliphatic carbocycles. The molecule has 2 amide bonds. The Balaban J connectivity index is 1.56. The van der Waals surface area contributed by atoms with Gasteiger partial charge >= 0.3 is 0 Å². The number of aromatic nitrogens is 1. The third-order valence-electron chi connectivity index (χ3n) is 6.73. The number of carbonyl (C=O) groups excluding carboxylic acids is 2. The van der Waals surface area contributed by atoms with Gasteiger partial charge in [0, 0.05) is 38.1 Å². The first kappa shape index (κ1) is 23.2. The van der Waals surface area contributed by atoms with Gasteiger partial charge in [-0.1, -0.05) is 31.2 Å². The Morgan fingerprint density at radius 3 is 2.55 bits per heavy atom. The first-order chi connectivity index (χ1) is 15.8. The van der Waals surface area contributed by atoms with Crippen molar-refractivity contribution < 1.29 is 14.3 Å². The number of piperidine rings is 1. The molecule has 1 aromatic heterocycles. The van der Waals surface area contributed by atoms with E-state index in [1.807, 2.05) is 32.0 Å². The highest BCUT2D eigenvalue weighted by Gasteiger charge is 2.27. The maximum Gasteiger partial charge on any atom is 0.259 e. The molecule has 0 radical (unpaired) electrons. The van der Waals surface area contributed by atoms with Gasteiger partial charge in [0.25, 0.3) is 11.8 Å². The fourth-order valence-electron chi connectivity index (χ4n) is 4.52. The molecule has 0 bridgehead atoms. The van der Waals surface area contributed by atoms with Crippen LogP contribution < -0.4 is 10.7 Å². The number of fused-ring (bicyclic) bond motifs is 1. The van der Waals surface area contributed by atoms with E-state index >= 15 is 0 Å². The highest BCUT2D eigenvalue weighted by Crippen LogP contribution is 2.26. The number of hydrogen-bond acceptors (Lipinski definition) is 4. The van der Waals surface area contributed by atoms with Crippen molar-refractivity contribution in [3.8, 4) is 0 Å². The summed E-state index contributed by atoms with van der Waals surface area (Å²) in [5.41, 5.74) is 1.81. The molecule has 1 N–H and O–H groups in total. The van der Waals surface area contributed by atoms with Crippen LogP contribution >= 0.6 is 0 Å². The summed E-state index contributed by atoms with van der Waals surface area (Å²) in [6.45, 7) is 8.21. The molecule has 1 atom stereocenters. The number of amides is 2. The Labute approximate surface area is 194 Å². The fourth-order valence-corrected chi connectivity index (χ4v) is 4.52. The number of carbonyl (C=O) groups is 2. The van der Waals surface area contributed by atoms with Gasteiger partial charge in [-0.25, -0.2) is 0 Å². The third-order valence-corrected chi connectivity index (χ3v) is 6.73. The Morgan fingerprint density at radius 1 is 1.12 bits per heavy atom. The van der Waals surface area contributed by atoms with Gasteiger partial charge < -0.3 is 19.5 Å². The summed E-state index contributed by atoms with van der Waals surface area (Å²) < 4.78 is 7.64. The lowest BCUT2D eigenvalue weighted by molar-refractivity contribution is 0.0411. The largest absolute Gasteiger partial charge is 0.371 e. The summed E-state index contributed by atoms with van der Waals surface area (Å²) in [6.07, 6.45) is 5.57. The summed E-state index contributed by atoms with van der Waals surface area (Å²) in [6, 6.07) is 8.04. The van der Waals surface area contributed by atoms with Gasteiger partial charge in [0.2, 0.25) is 5.43 Å². The van der Waals surface area contributed by atoms with Gasteiger partial charge in [0.1, 0.15) is 17.2 Å². The van der Waals surface area contributed by atoms with Crippen molar-refractivity contribution in [2.75, 3.05) is 26.2 Å². The van der Waals surface area contributed by atoms with E-state index < -0.39 is 11.3 Å². The zero-order valence-corrected chi connectivity index (χ0v) is 19.7. The van der Waals surface area contributed by atoms with Crippen molar-refractivity contribution in [1.82, 2.24) is 14.8 Å². The molecule has 3 heterocycles. The number of nitrogens with one attached hydrogen (secondary N) is 1. The minimum atomic E-state index is -0.516. The molecule has 7 heteroatoms. The van der Waals surface area contributed by atoms with E-state index in [9.17, 15) is 14.4 Å². The average molecular weight is 452 g/mol. The predicted molar refractivity (Wildman–Crippen MR) is 127 cm³/mol. The van der Waals surface area contributed by atoms with Crippen LogP contribution in [0.4, 0.5) is 0 Å². The zero-order valence-electron chi connectivity index (χ0n) is 19.7. The lowest BCUT2D eigenvalue weighted by Gasteiger charge is -2.30. The van der Waals surface area contributed by atoms with Gasteiger partial charge in [0.15, 0.2) is 0 Å². The molecular weight excluding hydrogens is 418 g/mol. The van der Waals surface area contributed by atoms with Crippen molar-refractivity contribution in [1.29, 1.82) is 0 Å². The minimum absolute atomic E-state index is 0.00127. The molecule has 1 fully saturated rings. The lowest BCUT2D eigenvalue weighted by Crippen LogP contribution is -2.42. The molecule has 1 aromatic carbocycles. The maximum atomic E-state index is 13.2. The first-order valence-electron chi connectivity index (χ1n) is 11.9. The highest BCUT2D eigenvalue weighted by atomic mass is 16.5. The number of likely N-dealkylation sites (tertiary alicyclic amines) is 1. The number of nitrogens with zero attached hydrogens (tertiary/aromatic N) is 2. The summed E-state index contributed by atoms with van der Waals surface area (Å²) in [5, 5.41) is 2.87. The second-order valence-electron chi connectivity index (χ2n) is 9.45. The van der Waals surface area contributed by atoms with E-state index in [2.05, 4.69) is 18.3 Å². The van der Waals surface area contributed by atoms with E-state index in [4.69, 9.17) is 4.74 Å². The average Bonchev–Trinajstić information content (AvgIpc) is 2.82. The second-order valence-corrected chi connectivity index (χ2v) is 9.45. The Bertz CT molecular complexity index is 1080. The zero-order chi connectivity index (χ0) is 23.5. The van der Waals surface area contributed by atoms with Gasteiger partial charge in [-0.2, -0.15) is 0 Å².